The topological polar surface area (TPSA) is 75.2 Å². The molecule has 0 radical (unpaired) electrons. The first kappa shape index (κ1) is 22.0. The Bertz CT molecular complexity index is 532. The van der Waals surface area contributed by atoms with E-state index in [9.17, 15) is 9.59 Å². The van der Waals surface area contributed by atoms with Crippen molar-refractivity contribution in [2.24, 2.45) is 11.8 Å². The molecule has 0 spiro atoms. The summed E-state index contributed by atoms with van der Waals surface area (Å²) in [6.07, 6.45) is 12.6. The number of amides is 1. The minimum atomic E-state index is -0.105. The number of aromatic nitrogens is 2. The van der Waals surface area contributed by atoms with Crippen LogP contribution in [0.2, 0.25) is 0 Å². The summed E-state index contributed by atoms with van der Waals surface area (Å²) >= 11 is 0. The lowest BCUT2D eigenvalue weighted by atomic mass is 9.97. The van der Waals surface area contributed by atoms with E-state index in [4.69, 9.17) is 0 Å². The van der Waals surface area contributed by atoms with Crippen LogP contribution in [0.5, 0.6) is 0 Å². The first-order valence-corrected chi connectivity index (χ1v) is 9.36. The van der Waals surface area contributed by atoms with E-state index in [1.54, 1.807) is 12.3 Å². The maximum Gasteiger partial charge on any atom is 0.270 e. The summed E-state index contributed by atoms with van der Waals surface area (Å²) in [4.78, 5) is 31.3. The fourth-order valence-electron chi connectivity index (χ4n) is 2.25. The predicted octanol–water partition coefficient (Wildman–Crippen LogP) is 2.73. The van der Waals surface area contributed by atoms with E-state index in [0.717, 1.165) is 51.6 Å². The number of nitrogens with zero attached hydrogens (tertiary/aromatic N) is 3. The number of nitrogens with one attached hydrogen (secondary N) is 1. The largest absolute Gasteiger partial charge is 0.350 e. The Morgan fingerprint density at radius 2 is 1.88 bits per heavy atom. The van der Waals surface area contributed by atoms with E-state index in [-0.39, 0.29) is 5.91 Å². The van der Waals surface area contributed by atoms with Crippen LogP contribution in [0, 0.1) is 11.8 Å². The molecule has 1 amide bonds. The van der Waals surface area contributed by atoms with Gasteiger partial charge in [0, 0.05) is 18.7 Å². The highest BCUT2D eigenvalue weighted by molar-refractivity contribution is 5.92. The van der Waals surface area contributed by atoms with Crippen LogP contribution in [0.15, 0.2) is 30.7 Å². The molecule has 6 heteroatoms. The van der Waals surface area contributed by atoms with Crippen LogP contribution in [0.3, 0.4) is 0 Å². The molecule has 1 N–H and O–H groups in total. The van der Waals surface area contributed by atoms with Crippen molar-refractivity contribution in [1.82, 2.24) is 20.2 Å². The van der Waals surface area contributed by atoms with Crippen LogP contribution in [0.25, 0.3) is 0 Å². The molecule has 0 aromatic carbocycles. The molecule has 2 aliphatic rings. The van der Waals surface area contributed by atoms with Gasteiger partial charge in [-0.3, -0.25) is 4.79 Å². The SMILES string of the molecule is C/C=C\C.CN1CCC(CNC(=O)c2ccncn2)CC1.O=CC1CC1. The molecule has 3 rings (SSSR count). The lowest BCUT2D eigenvalue weighted by Gasteiger charge is -2.28. The van der Waals surface area contributed by atoms with E-state index in [1.165, 1.54) is 6.33 Å². The second-order valence-electron chi connectivity index (χ2n) is 6.69. The van der Waals surface area contributed by atoms with E-state index in [1.807, 2.05) is 26.0 Å². The highest BCUT2D eigenvalue weighted by atomic mass is 16.1. The number of piperidine rings is 1. The van der Waals surface area contributed by atoms with Gasteiger partial charge < -0.3 is 15.0 Å². The molecular formula is C20H32N4O2. The molecule has 1 aromatic heterocycles. The van der Waals surface area contributed by atoms with Gasteiger partial charge in [0.2, 0.25) is 0 Å². The standard InChI is InChI=1S/C12H18N4O.C4H6O.C4H8/c1-16-6-3-10(4-7-16)8-14-12(17)11-2-5-13-9-15-11;5-3-4-1-2-4;1-3-4-2/h2,5,9-10H,3-4,6-8H2,1H3,(H,14,17);3-4H,1-2H2;3-4H,1-2H3/b;;4-3-. The summed E-state index contributed by atoms with van der Waals surface area (Å²) in [6, 6.07) is 1.63. The average molecular weight is 361 g/mol. The van der Waals surface area contributed by atoms with Crippen molar-refractivity contribution in [3.8, 4) is 0 Å². The normalized spacial score (nSPS) is 17.5. The van der Waals surface area contributed by atoms with Crippen LogP contribution in [-0.4, -0.2) is 53.7 Å². The average Bonchev–Trinajstić information content (AvgIpc) is 3.53. The number of hydrogen-bond acceptors (Lipinski definition) is 5. The van der Waals surface area contributed by atoms with Crippen molar-refractivity contribution < 1.29 is 9.59 Å². The van der Waals surface area contributed by atoms with Crippen molar-refractivity contribution in [3.05, 3.63) is 36.4 Å². The number of hydrogen-bond donors (Lipinski definition) is 1. The zero-order chi connectivity index (χ0) is 19.2. The quantitative estimate of drug-likeness (QED) is 0.660. The second kappa shape index (κ2) is 13.2. The third kappa shape index (κ3) is 10.0. The Morgan fingerprint density at radius 1 is 1.23 bits per heavy atom. The molecular weight excluding hydrogens is 328 g/mol. The maximum absolute atomic E-state index is 11.7. The number of aldehydes is 1. The minimum absolute atomic E-state index is 0.105. The Labute approximate surface area is 157 Å². The summed E-state index contributed by atoms with van der Waals surface area (Å²) < 4.78 is 0. The molecule has 144 valence electrons. The zero-order valence-corrected chi connectivity index (χ0v) is 16.2. The number of rotatable bonds is 4. The molecule has 2 heterocycles. The van der Waals surface area contributed by atoms with Crippen LogP contribution >= 0.6 is 0 Å². The van der Waals surface area contributed by atoms with Crippen LogP contribution < -0.4 is 5.32 Å². The van der Waals surface area contributed by atoms with Gasteiger partial charge in [0.15, 0.2) is 0 Å². The van der Waals surface area contributed by atoms with Gasteiger partial charge in [-0.25, -0.2) is 9.97 Å². The second-order valence-corrected chi connectivity index (χ2v) is 6.69. The first-order valence-electron chi connectivity index (χ1n) is 9.36. The van der Waals surface area contributed by atoms with Crippen molar-refractivity contribution in [3.63, 3.8) is 0 Å². The fourth-order valence-corrected chi connectivity index (χ4v) is 2.25. The Morgan fingerprint density at radius 3 is 2.31 bits per heavy atom. The molecule has 1 aliphatic carbocycles. The predicted molar refractivity (Wildman–Crippen MR) is 104 cm³/mol. The van der Waals surface area contributed by atoms with E-state index in [2.05, 4.69) is 27.2 Å². The molecule has 1 aromatic rings. The molecule has 0 bridgehead atoms. The molecule has 2 fully saturated rings. The van der Waals surface area contributed by atoms with Gasteiger partial charge in [0.1, 0.15) is 18.3 Å². The lowest BCUT2D eigenvalue weighted by molar-refractivity contribution is -0.108. The lowest BCUT2D eigenvalue weighted by Crippen LogP contribution is -2.37. The van der Waals surface area contributed by atoms with E-state index >= 15 is 0 Å². The first-order chi connectivity index (χ1) is 12.6. The van der Waals surface area contributed by atoms with Crippen molar-refractivity contribution in [1.29, 1.82) is 0 Å². The molecule has 1 aliphatic heterocycles. The smallest absolute Gasteiger partial charge is 0.270 e. The minimum Gasteiger partial charge on any atom is -0.350 e. The molecule has 0 atom stereocenters. The van der Waals surface area contributed by atoms with Gasteiger partial charge in [-0.15, -0.1) is 0 Å². The summed E-state index contributed by atoms with van der Waals surface area (Å²) in [7, 11) is 2.13. The molecule has 0 unspecified atom stereocenters. The van der Waals surface area contributed by atoms with Crippen LogP contribution in [0.1, 0.15) is 50.0 Å². The van der Waals surface area contributed by atoms with E-state index < -0.39 is 0 Å². The summed E-state index contributed by atoms with van der Waals surface area (Å²) in [6.45, 7) is 6.98. The zero-order valence-electron chi connectivity index (χ0n) is 16.2. The highest BCUT2D eigenvalue weighted by Crippen LogP contribution is 2.25. The fraction of sp³-hybridized carbons (Fsp3) is 0.600. The van der Waals surface area contributed by atoms with Gasteiger partial charge in [0.05, 0.1) is 0 Å². The number of carbonyl (C=O) groups is 2. The van der Waals surface area contributed by atoms with Gasteiger partial charge in [-0.2, -0.15) is 0 Å². The molecule has 26 heavy (non-hydrogen) atoms. The van der Waals surface area contributed by atoms with Crippen molar-refractivity contribution in [2.45, 2.75) is 39.5 Å². The number of carbonyl (C=O) groups excluding carboxylic acids is 2. The Hall–Kier alpha value is -2.08. The Balaban J connectivity index is 0.000000309. The summed E-state index contributed by atoms with van der Waals surface area (Å²) in [5.41, 5.74) is 0.438. The van der Waals surface area contributed by atoms with Crippen molar-refractivity contribution in [2.75, 3.05) is 26.7 Å². The van der Waals surface area contributed by atoms with E-state index in [0.29, 0.717) is 17.5 Å². The van der Waals surface area contributed by atoms with Crippen molar-refractivity contribution >= 4 is 12.2 Å². The summed E-state index contributed by atoms with van der Waals surface area (Å²) in [5.74, 6) is 0.943. The monoisotopic (exact) mass is 360 g/mol. The number of allylic oxidation sites excluding steroid dienone is 2. The summed E-state index contributed by atoms with van der Waals surface area (Å²) in [5, 5.41) is 2.94. The van der Waals surface area contributed by atoms with Gasteiger partial charge >= 0.3 is 0 Å². The Kier molecular flexibility index (Phi) is 11.1. The van der Waals surface area contributed by atoms with Gasteiger partial charge in [-0.05, 0) is 71.7 Å². The third-order valence-corrected chi connectivity index (χ3v) is 4.35. The molecule has 1 saturated carbocycles. The van der Waals surface area contributed by atoms with Crippen LogP contribution in [-0.2, 0) is 4.79 Å². The third-order valence-electron chi connectivity index (χ3n) is 4.35. The van der Waals surface area contributed by atoms with Crippen LogP contribution in [0.4, 0.5) is 0 Å². The maximum atomic E-state index is 11.7. The number of likely N-dealkylation sites (tertiary alicyclic amines) is 1. The van der Waals surface area contributed by atoms with Gasteiger partial charge in [-0.1, -0.05) is 12.2 Å². The van der Waals surface area contributed by atoms with Gasteiger partial charge in [0.25, 0.3) is 5.91 Å². The highest BCUT2D eigenvalue weighted by Gasteiger charge is 2.19. The molecule has 6 nitrogen and oxygen atoms in total. The molecule has 1 saturated heterocycles.